The van der Waals surface area contributed by atoms with Crippen LogP contribution in [0.4, 0.5) is 0 Å². The van der Waals surface area contributed by atoms with Gasteiger partial charge in [-0.05, 0) is 18.8 Å². The van der Waals surface area contributed by atoms with Crippen LogP contribution in [0, 0.1) is 5.92 Å². The molecule has 1 saturated heterocycles. The zero-order chi connectivity index (χ0) is 11.6. The highest BCUT2D eigenvalue weighted by atomic mass is 32.2. The monoisotopic (exact) mass is 246 g/mol. The summed E-state index contributed by atoms with van der Waals surface area (Å²) in [6.45, 7) is -0.282. The molecule has 1 atom stereocenters. The summed E-state index contributed by atoms with van der Waals surface area (Å²) in [5, 5.41) is 12.4. The normalized spacial score (nSPS) is 24.4. The third-order valence-electron chi connectivity index (χ3n) is 2.67. The van der Waals surface area contributed by atoms with Gasteiger partial charge in [0.25, 0.3) is 5.89 Å². The number of nitrogens with zero attached hydrogens (tertiary/aromatic N) is 2. The lowest BCUT2D eigenvalue weighted by Gasteiger charge is -2.20. The van der Waals surface area contributed by atoms with Crippen molar-refractivity contribution in [1.82, 2.24) is 10.1 Å². The van der Waals surface area contributed by atoms with Gasteiger partial charge in [-0.2, -0.15) is 4.98 Å². The Kier molecular flexibility index (Phi) is 3.25. The summed E-state index contributed by atoms with van der Waals surface area (Å²) in [5.74, 6) is 1.22. The minimum atomic E-state index is -2.89. The number of hydrogen-bond acceptors (Lipinski definition) is 6. The van der Waals surface area contributed by atoms with Crippen LogP contribution in [0.2, 0.25) is 0 Å². The maximum absolute atomic E-state index is 11.4. The van der Waals surface area contributed by atoms with Crippen LogP contribution in [0.1, 0.15) is 24.6 Å². The van der Waals surface area contributed by atoms with E-state index < -0.39 is 9.84 Å². The fourth-order valence-electron chi connectivity index (χ4n) is 1.97. The summed E-state index contributed by atoms with van der Waals surface area (Å²) in [6, 6.07) is 0. The number of aliphatic hydroxyl groups excluding tert-OH is 1. The van der Waals surface area contributed by atoms with Gasteiger partial charge in [0, 0.05) is 6.42 Å². The first kappa shape index (κ1) is 11.5. The van der Waals surface area contributed by atoms with Crippen molar-refractivity contribution < 1.29 is 18.0 Å². The van der Waals surface area contributed by atoms with Gasteiger partial charge >= 0.3 is 0 Å². The van der Waals surface area contributed by atoms with Crippen LogP contribution in [0.25, 0.3) is 0 Å². The second-order valence-corrected chi connectivity index (χ2v) is 6.32. The van der Waals surface area contributed by atoms with Crippen LogP contribution in [0.5, 0.6) is 0 Å². The van der Waals surface area contributed by atoms with Crippen LogP contribution < -0.4 is 0 Å². The Morgan fingerprint density at radius 2 is 2.31 bits per heavy atom. The molecule has 1 fully saturated rings. The van der Waals surface area contributed by atoms with E-state index in [2.05, 4.69) is 10.1 Å². The van der Waals surface area contributed by atoms with Crippen molar-refractivity contribution in [3.8, 4) is 0 Å². The quantitative estimate of drug-likeness (QED) is 0.802. The van der Waals surface area contributed by atoms with Crippen molar-refractivity contribution in [3.05, 3.63) is 11.7 Å². The summed E-state index contributed by atoms with van der Waals surface area (Å²) in [6.07, 6.45) is 2.09. The van der Waals surface area contributed by atoms with Gasteiger partial charge in [-0.1, -0.05) is 5.16 Å². The van der Waals surface area contributed by atoms with Crippen molar-refractivity contribution in [2.24, 2.45) is 5.92 Å². The van der Waals surface area contributed by atoms with Gasteiger partial charge in [0.15, 0.2) is 15.7 Å². The molecular formula is C9H14N2O4S. The Bertz CT molecular complexity index is 454. The van der Waals surface area contributed by atoms with E-state index in [0.717, 1.165) is 6.42 Å². The lowest BCUT2D eigenvalue weighted by atomic mass is 10.0. The molecule has 0 spiro atoms. The van der Waals surface area contributed by atoms with Crippen LogP contribution in [0.3, 0.4) is 0 Å². The van der Waals surface area contributed by atoms with E-state index >= 15 is 0 Å². The SMILES string of the molecule is O=S1(=O)CCCC(Cc2noc(CO)n2)C1. The molecule has 7 heteroatoms. The number of aromatic nitrogens is 2. The zero-order valence-corrected chi connectivity index (χ0v) is 9.61. The zero-order valence-electron chi connectivity index (χ0n) is 8.79. The van der Waals surface area contributed by atoms with Gasteiger partial charge in [0.2, 0.25) is 0 Å². The van der Waals surface area contributed by atoms with Crippen molar-refractivity contribution in [2.75, 3.05) is 11.5 Å². The molecule has 2 rings (SSSR count). The van der Waals surface area contributed by atoms with Gasteiger partial charge < -0.3 is 9.63 Å². The van der Waals surface area contributed by atoms with Crippen molar-refractivity contribution in [1.29, 1.82) is 0 Å². The van der Waals surface area contributed by atoms with Crippen LogP contribution in [0.15, 0.2) is 4.52 Å². The maximum atomic E-state index is 11.4. The molecule has 16 heavy (non-hydrogen) atoms. The predicted octanol–water partition coefficient (Wildman–Crippen LogP) is -0.0708. The molecule has 6 nitrogen and oxygen atoms in total. The van der Waals surface area contributed by atoms with Gasteiger partial charge in [0.05, 0.1) is 11.5 Å². The molecule has 1 aromatic rings. The molecule has 2 heterocycles. The van der Waals surface area contributed by atoms with Gasteiger partial charge in [-0.15, -0.1) is 0 Å². The molecule has 0 bridgehead atoms. The molecule has 1 aliphatic rings. The van der Waals surface area contributed by atoms with Crippen LogP contribution in [-0.2, 0) is 22.9 Å². The molecule has 1 aromatic heterocycles. The molecule has 0 aromatic carbocycles. The van der Waals surface area contributed by atoms with Gasteiger partial charge in [-0.3, -0.25) is 0 Å². The first-order valence-electron chi connectivity index (χ1n) is 5.22. The van der Waals surface area contributed by atoms with Gasteiger partial charge in [0.1, 0.15) is 6.61 Å². The van der Waals surface area contributed by atoms with Crippen LogP contribution in [-0.4, -0.2) is 35.2 Å². The molecule has 1 N–H and O–H groups in total. The second kappa shape index (κ2) is 4.50. The standard InChI is InChI=1S/C9H14N2O4S/c12-5-9-10-8(11-15-9)4-7-2-1-3-16(13,14)6-7/h7,12H,1-6H2. The Morgan fingerprint density at radius 3 is 2.94 bits per heavy atom. The molecule has 0 amide bonds. The minimum absolute atomic E-state index is 0.0721. The fourth-order valence-corrected chi connectivity index (χ4v) is 3.75. The van der Waals surface area contributed by atoms with E-state index in [1.165, 1.54) is 0 Å². The molecule has 0 radical (unpaired) electrons. The summed E-state index contributed by atoms with van der Waals surface area (Å²) in [7, 11) is -2.89. The largest absolute Gasteiger partial charge is 0.387 e. The molecular weight excluding hydrogens is 232 g/mol. The average Bonchev–Trinajstić information content (AvgIpc) is 2.64. The Labute approximate surface area is 93.6 Å². The fraction of sp³-hybridized carbons (Fsp3) is 0.778. The lowest BCUT2D eigenvalue weighted by Crippen LogP contribution is -2.26. The van der Waals surface area contributed by atoms with E-state index in [1.54, 1.807) is 0 Å². The molecule has 90 valence electrons. The van der Waals surface area contributed by atoms with E-state index in [4.69, 9.17) is 9.63 Å². The Morgan fingerprint density at radius 1 is 1.50 bits per heavy atom. The van der Waals surface area contributed by atoms with Crippen molar-refractivity contribution in [2.45, 2.75) is 25.9 Å². The van der Waals surface area contributed by atoms with E-state index in [9.17, 15) is 8.42 Å². The van der Waals surface area contributed by atoms with Crippen LogP contribution >= 0.6 is 0 Å². The third-order valence-corrected chi connectivity index (χ3v) is 4.56. The highest BCUT2D eigenvalue weighted by Gasteiger charge is 2.26. The number of rotatable bonds is 3. The van der Waals surface area contributed by atoms with E-state index in [0.29, 0.717) is 18.7 Å². The minimum Gasteiger partial charge on any atom is -0.387 e. The van der Waals surface area contributed by atoms with Gasteiger partial charge in [-0.25, -0.2) is 8.42 Å². The molecule has 1 aliphatic heterocycles. The molecule has 0 aliphatic carbocycles. The Hall–Kier alpha value is -0.950. The lowest BCUT2D eigenvalue weighted by molar-refractivity contribution is 0.222. The van der Waals surface area contributed by atoms with E-state index in [-0.39, 0.29) is 29.9 Å². The number of aliphatic hydroxyl groups is 1. The maximum Gasteiger partial charge on any atom is 0.252 e. The van der Waals surface area contributed by atoms with Crippen molar-refractivity contribution >= 4 is 9.84 Å². The number of sulfone groups is 1. The predicted molar refractivity (Wildman–Crippen MR) is 55.3 cm³/mol. The van der Waals surface area contributed by atoms with E-state index in [1.807, 2.05) is 0 Å². The summed E-state index contributed by atoms with van der Waals surface area (Å²) >= 11 is 0. The molecule has 0 saturated carbocycles. The average molecular weight is 246 g/mol. The Balaban J connectivity index is 1.99. The summed E-state index contributed by atoms with van der Waals surface area (Å²) < 4.78 is 27.6. The molecule has 1 unspecified atom stereocenters. The smallest absolute Gasteiger partial charge is 0.252 e. The topological polar surface area (TPSA) is 93.3 Å². The van der Waals surface area contributed by atoms with Crippen molar-refractivity contribution in [3.63, 3.8) is 0 Å². The number of hydrogen-bond donors (Lipinski definition) is 1. The second-order valence-electron chi connectivity index (χ2n) is 4.09. The first-order chi connectivity index (χ1) is 7.59. The third kappa shape index (κ3) is 2.79. The highest BCUT2D eigenvalue weighted by molar-refractivity contribution is 7.91. The summed E-state index contributed by atoms with van der Waals surface area (Å²) in [5.41, 5.74) is 0. The first-order valence-corrected chi connectivity index (χ1v) is 7.04. The highest BCUT2D eigenvalue weighted by Crippen LogP contribution is 2.21. The summed E-state index contributed by atoms with van der Waals surface area (Å²) in [4.78, 5) is 3.95.